The van der Waals surface area contributed by atoms with Gasteiger partial charge in [0.05, 0.1) is 23.7 Å². The zero-order valence-electron chi connectivity index (χ0n) is 16.4. The second-order valence-corrected chi connectivity index (χ2v) is 8.49. The van der Waals surface area contributed by atoms with Crippen LogP contribution in [0.3, 0.4) is 0 Å². The smallest absolute Gasteiger partial charge is 0.261 e. The quantitative estimate of drug-likeness (QED) is 0.522. The summed E-state index contributed by atoms with van der Waals surface area (Å²) < 4.78 is 20.9. The fourth-order valence-electron chi connectivity index (χ4n) is 3.76. The molecule has 0 radical (unpaired) electrons. The fraction of sp³-hybridized carbons (Fsp3) is 0.217. The molecular weight excluding hydrogens is 401 g/mol. The maximum Gasteiger partial charge on any atom is 0.261 e. The molecule has 0 fully saturated rings. The van der Waals surface area contributed by atoms with E-state index in [1.54, 1.807) is 12.1 Å². The standard InChI is InChI=1S/C23H20FN3O2S/c1-14-19-11-21(22(28)25-12-18-10-16-4-2-3-5-20(16)29-18)30-23(19)27(26-14)13-15-6-8-17(24)9-7-15/h2-9,11,18H,10,12-13H2,1H3,(H,25,28). The van der Waals surface area contributed by atoms with Crippen LogP contribution in [0.4, 0.5) is 4.39 Å². The van der Waals surface area contributed by atoms with Crippen molar-refractivity contribution in [2.45, 2.75) is 26.0 Å². The molecule has 0 saturated carbocycles. The number of fused-ring (bicyclic) bond motifs is 2. The van der Waals surface area contributed by atoms with Crippen molar-refractivity contribution in [1.29, 1.82) is 0 Å². The zero-order valence-corrected chi connectivity index (χ0v) is 17.2. The van der Waals surface area contributed by atoms with Crippen molar-refractivity contribution in [3.8, 4) is 5.75 Å². The number of nitrogens with one attached hydrogen (secondary N) is 1. The van der Waals surface area contributed by atoms with Crippen LogP contribution in [0.5, 0.6) is 5.75 Å². The Kier molecular flexibility index (Phi) is 4.75. The molecule has 1 aliphatic heterocycles. The minimum absolute atomic E-state index is 0.0450. The van der Waals surface area contributed by atoms with E-state index in [0.717, 1.165) is 33.6 Å². The average molecular weight is 421 g/mol. The number of hydrogen-bond donors (Lipinski definition) is 1. The summed E-state index contributed by atoms with van der Waals surface area (Å²) in [6.07, 6.45) is 0.755. The topological polar surface area (TPSA) is 56.2 Å². The Labute approximate surface area is 177 Å². The second kappa shape index (κ2) is 7.57. The van der Waals surface area contributed by atoms with Gasteiger partial charge in [-0.1, -0.05) is 30.3 Å². The number of hydrogen-bond acceptors (Lipinski definition) is 4. The van der Waals surface area contributed by atoms with E-state index in [0.29, 0.717) is 18.0 Å². The normalized spacial score (nSPS) is 15.2. The molecule has 0 spiro atoms. The summed E-state index contributed by atoms with van der Waals surface area (Å²) in [4.78, 5) is 14.3. The largest absolute Gasteiger partial charge is 0.488 e. The van der Waals surface area contributed by atoms with Gasteiger partial charge in [0.25, 0.3) is 5.91 Å². The monoisotopic (exact) mass is 421 g/mol. The number of thiophene rings is 1. The van der Waals surface area contributed by atoms with E-state index in [1.165, 1.54) is 29.0 Å². The number of para-hydroxylation sites is 1. The molecule has 2 aromatic heterocycles. The Bertz CT molecular complexity index is 1200. The number of nitrogens with zero attached hydrogens (tertiary/aromatic N) is 2. The first-order chi connectivity index (χ1) is 14.6. The maximum atomic E-state index is 13.2. The molecule has 1 amide bonds. The first-order valence-corrected chi connectivity index (χ1v) is 10.6. The van der Waals surface area contributed by atoms with Crippen LogP contribution in [0.15, 0.2) is 54.6 Å². The molecule has 1 atom stereocenters. The van der Waals surface area contributed by atoms with Crippen LogP contribution < -0.4 is 10.1 Å². The van der Waals surface area contributed by atoms with Gasteiger partial charge < -0.3 is 10.1 Å². The lowest BCUT2D eigenvalue weighted by Crippen LogP contribution is -2.34. The molecule has 152 valence electrons. The molecule has 5 nitrogen and oxygen atoms in total. The minimum atomic E-state index is -0.259. The van der Waals surface area contributed by atoms with Crippen LogP contribution in [-0.2, 0) is 13.0 Å². The van der Waals surface area contributed by atoms with Crippen molar-refractivity contribution in [2.24, 2.45) is 0 Å². The summed E-state index contributed by atoms with van der Waals surface area (Å²) in [6.45, 7) is 2.92. The van der Waals surface area contributed by atoms with Crippen LogP contribution in [0.25, 0.3) is 10.2 Å². The number of ether oxygens (including phenoxy) is 1. The highest BCUT2D eigenvalue weighted by atomic mass is 32.1. The molecule has 0 bridgehead atoms. The molecular formula is C23H20FN3O2S. The lowest BCUT2D eigenvalue weighted by Gasteiger charge is -2.11. The molecule has 5 rings (SSSR count). The molecule has 0 aliphatic carbocycles. The van der Waals surface area contributed by atoms with Crippen LogP contribution in [0.2, 0.25) is 0 Å². The summed E-state index contributed by atoms with van der Waals surface area (Å²) in [6, 6.07) is 16.2. The molecule has 2 aromatic carbocycles. The molecule has 7 heteroatoms. The van der Waals surface area contributed by atoms with Gasteiger partial charge in [-0.15, -0.1) is 11.3 Å². The zero-order chi connectivity index (χ0) is 20.7. The number of aromatic nitrogens is 2. The fourth-order valence-corrected chi connectivity index (χ4v) is 4.83. The van der Waals surface area contributed by atoms with E-state index in [4.69, 9.17) is 4.74 Å². The van der Waals surface area contributed by atoms with Crippen molar-refractivity contribution in [1.82, 2.24) is 15.1 Å². The SMILES string of the molecule is Cc1nn(Cc2ccc(F)cc2)c2sc(C(=O)NCC3Cc4ccccc4O3)cc12. The summed E-state index contributed by atoms with van der Waals surface area (Å²) in [5.74, 6) is 0.531. The number of aryl methyl sites for hydroxylation is 1. The third kappa shape index (κ3) is 3.57. The Balaban J connectivity index is 1.29. The molecule has 3 heterocycles. The highest BCUT2D eigenvalue weighted by Gasteiger charge is 2.23. The van der Waals surface area contributed by atoms with Gasteiger partial charge in [0.1, 0.15) is 22.5 Å². The lowest BCUT2D eigenvalue weighted by molar-refractivity contribution is 0.0937. The van der Waals surface area contributed by atoms with Gasteiger partial charge in [0, 0.05) is 11.8 Å². The first kappa shape index (κ1) is 18.8. The van der Waals surface area contributed by atoms with Gasteiger partial charge in [-0.05, 0) is 42.3 Å². The van der Waals surface area contributed by atoms with Gasteiger partial charge in [-0.2, -0.15) is 5.10 Å². The summed E-state index contributed by atoms with van der Waals surface area (Å²) in [5.41, 5.74) is 3.00. The number of amides is 1. The Morgan fingerprint density at radius 3 is 2.87 bits per heavy atom. The molecule has 1 unspecified atom stereocenters. The number of carbonyl (C=O) groups excluding carboxylic acids is 1. The van der Waals surface area contributed by atoms with Crippen molar-refractivity contribution in [2.75, 3.05) is 6.54 Å². The summed E-state index contributed by atoms with van der Waals surface area (Å²) in [7, 11) is 0. The maximum absolute atomic E-state index is 13.2. The van der Waals surface area contributed by atoms with E-state index in [-0.39, 0.29) is 17.8 Å². The van der Waals surface area contributed by atoms with Crippen LogP contribution >= 0.6 is 11.3 Å². The van der Waals surface area contributed by atoms with Crippen LogP contribution in [-0.4, -0.2) is 28.3 Å². The summed E-state index contributed by atoms with van der Waals surface area (Å²) in [5, 5.41) is 8.55. The highest BCUT2D eigenvalue weighted by molar-refractivity contribution is 7.20. The number of rotatable bonds is 5. The molecule has 30 heavy (non-hydrogen) atoms. The van der Waals surface area contributed by atoms with Crippen molar-refractivity contribution >= 4 is 27.5 Å². The molecule has 1 N–H and O–H groups in total. The van der Waals surface area contributed by atoms with Gasteiger partial charge in [-0.25, -0.2) is 4.39 Å². The molecule has 4 aromatic rings. The van der Waals surface area contributed by atoms with E-state index < -0.39 is 0 Å². The Morgan fingerprint density at radius 1 is 1.27 bits per heavy atom. The van der Waals surface area contributed by atoms with Gasteiger partial charge in [0.15, 0.2) is 0 Å². The van der Waals surface area contributed by atoms with Crippen molar-refractivity contribution in [3.05, 3.63) is 82.1 Å². The van der Waals surface area contributed by atoms with E-state index in [9.17, 15) is 9.18 Å². The lowest BCUT2D eigenvalue weighted by atomic mass is 10.1. The average Bonchev–Trinajstić information content (AvgIpc) is 3.43. The van der Waals surface area contributed by atoms with E-state index in [2.05, 4.69) is 16.5 Å². The van der Waals surface area contributed by atoms with Crippen LogP contribution in [0.1, 0.15) is 26.5 Å². The van der Waals surface area contributed by atoms with Crippen molar-refractivity contribution < 1.29 is 13.9 Å². The second-order valence-electron chi connectivity index (χ2n) is 7.46. The molecule has 0 saturated heterocycles. The number of benzene rings is 2. The number of halogens is 1. The van der Waals surface area contributed by atoms with E-state index in [1.807, 2.05) is 35.9 Å². The highest BCUT2D eigenvalue weighted by Crippen LogP contribution is 2.30. The third-order valence-electron chi connectivity index (χ3n) is 5.28. The van der Waals surface area contributed by atoms with Crippen LogP contribution in [0, 0.1) is 12.7 Å². The van der Waals surface area contributed by atoms with Crippen molar-refractivity contribution in [3.63, 3.8) is 0 Å². The predicted octanol–water partition coefficient (Wildman–Crippen LogP) is 4.33. The summed E-state index contributed by atoms with van der Waals surface area (Å²) >= 11 is 1.42. The van der Waals surface area contributed by atoms with Gasteiger partial charge in [-0.3, -0.25) is 9.48 Å². The predicted molar refractivity (Wildman–Crippen MR) is 115 cm³/mol. The van der Waals surface area contributed by atoms with Gasteiger partial charge >= 0.3 is 0 Å². The Morgan fingerprint density at radius 2 is 2.07 bits per heavy atom. The van der Waals surface area contributed by atoms with Gasteiger partial charge in [0.2, 0.25) is 0 Å². The minimum Gasteiger partial charge on any atom is -0.488 e. The first-order valence-electron chi connectivity index (χ1n) is 9.81. The number of carbonyl (C=O) groups is 1. The molecule has 1 aliphatic rings. The third-order valence-corrected chi connectivity index (χ3v) is 6.43. The van der Waals surface area contributed by atoms with E-state index >= 15 is 0 Å². The Hall–Kier alpha value is -3.19.